The van der Waals surface area contributed by atoms with Crippen LogP contribution >= 0.6 is 11.8 Å². The highest BCUT2D eigenvalue weighted by atomic mass is 32.2. The molecule has 6 nitrogen and oxygen atoms in total. The molecule has 0 bridgehead atoms. The van der Waals surface area contributed by atoms with Crippen LogP contribution in [0, 0.1) is 20.8 Å². The zero-order valence-electron chi connectivity index (χ0n) is 14.8. The molecule has 0 fully saturated rings. The van der Waals surface area contributed by atoms with Gasteiger partial charge in [0.05, 0.1) is 11.0 Å². The lowest BCUT2D eigenvalue weighted by molar-refractivity contribution is -0.705. The van der Waals surface area contributed by atoms with Crippen LogP contribution in [0.3, 0.4) is 0 Å². The maximum absolute atomic E-state index is 12.3. The number of anilines is 1. The molecular weight excluding hydrogens is 350 g/mol. The van der Waals surface area contributed by atoms with Gasteiger partial charge in [0, 0.05) is 17.8 Å². The van der Waals surface area contributed by atoms with E-state index in [0.29, 0.717) is 5.69 Å². The normalized spacial score (nSPS) is 10.7. The highest BCUT2D eigenvalue weighted by molar-refractivity contribution is 7.99. The Morgan fingerprint density at radius 1 is 1.15 bits per heavy atom. The highest BCUT2D eigenvalue weighted by Crippen LogP contribution is 2.24. The number of nitrogens with one attached hydrogen (secondary N) is 1. The van der Waals surface area contributed by atoms with Crippen molar-refractivity contribution in [2.75, 3.05) is 11.1 Å². The molecule has 0 saturated carbocycles. The third-order valence-electron chi connectivity index (χ3n) is 3.94. The number of aromatic nitrogens is 2. The summed E-state index contributed by atoms with van der Waals surface area (Å²) in [6.45, 7) is 5.86. The quantitative estimate of drug-likeness (QED) is 0.552. The van der Waals surface area contributed by atoms with Crippen LogP contribution in [0.2, 0.25) is 0 Å². The lowest BCUT2D eigenvalue weighted by Gasteiger charge is -2.10. The fraction of sp³-hybridized carbons (Fsp3) is 0.211. The number of amides is 1. The maximum atomic E-state index is 12.3. The first-order valence-electron chi connectivity index (χ1n) is 8.10. The van der Waals surface area contributed by atoms with E-state index in [2.05, 4.69) is 10.6 Å². The van der Waals surface area contributed by atoms with Crippen molar-refractivity contribution >= 4 is 23.4 Å². The Kier molecular flexibility index (Phi) is 5.27. The summed E-state index contributed by atoms with van der Waals surface area (Å²) in [5, 5.41) is 18.9. The molecule has 1 aromatic heterocycles. The van der Waals surface area contributed by atoms with E-state index in [1.54, 1.807) is 0 Å². The van der Waals surface area contributed by atoms with Gasteiger partial charge in [-0.1, -0.05) is 35.9 Å². The molecule has 1 heterocycles. The first-order chi connectivity index (χ1) is 12.5. The van der Waals surface area contributed by atoms with Crippen LogP contribution in [-0.2, 0) is 4.79 Å². The van der Waals surface area contributed by atoms with Crippen LogP contribution in [-0.4, -0.2) is 16.9 Å². The van der Waals surface area contributed by atoms with Gasteiger partial charge in [-0.2, -0.15) is 0 Å². The molecule has 7 heteroatoms. The van der Waals surface area contributed by atoms with Gasteiger partial charge in [-0.25, -0.2) is 0 Å². The van der Waals surface area contributed by atoms with Gasteiger partial charge in [-0.3, -0.25) is 4.79 Å². The summed E-state index contributed by atoms with van der Waals surface area (Å²) in [6.07, 6.45) is 0. The monoisotopic (exact) mass is 369 g/mol. The molecule has 3 aromatic rings. The average Bonchev–Trinajstić information content (AvgIpc) is 2.98. The Balaban J connectivity index is 1.73. The molecule has 0 aliphatic carbocycles. The number of nitrogens with zero attached hydrogens (tertiary/aromatic N) is 2. The van der Waals surface area contributed by atoms with Gasteiger partial charge in [0.25, 0.3) is 5.03 Å². The van der Waals surface area contributed by atoms with E-state index in [1.807, 2.05) is 63.2 Å². The van der Waals surface area contributed by atoms with Crippen molar-refractivity contribution in [1.82, 2.24) is 5.27 Å². The second-order valence-corrected chi connectivity index (χ2v) is 6.98. The number of carbonyl (C=O) groups excluding carboxylic acids is 1. The molecular formula is C19H19N3O3S. The summed E-state index contributed by atoms with van der Waals surface area (Å²) in [5.74, 6) is -0.672. The smallest absolute Gasteiger partial charge is 0.298 e. The number of hydrogen-bond donors (Lipinski definition) is 1. The minimum atomic E-state index is -0.560. The number of hydrogen-bond acceptors (Lipinski definition) is 5. The Hall–Kier alpha value is -2.80. The Bertz CT molecular complexity index is 915. The Morgan fingerprint density at radius 3 is 2.46 bits per heavy atom. The predicted octanol–water partition coefficient (Wildman–Crippen LogP) is 2.68. The Morgan fingerprint density at radius 2 is 1.81 bits per heavy atom. The van der Waals surface area contributed by atoms with E-state index in [4.69, 9.17) is 4.52 Å². The molecule has 0 aliphatic heterocycles. The van der Waals surface area contributed by atoms with Gasteiger partial charge < -0.3 is 14.9 Å². The molecule has 3 rings (SSSR count). The minimum absolute atomic E-state index is 0.0795. The number of para-hydroxylation sites is 1. The van der Waals surface area contributed by atoms with E-state index in [-0.39, 0.29) is 16.7 Å². The molecule has 2 aromatic carbocycles. The fourth-order valence-electron chi connectivity index (χ4n) is 2.53. The van der Waals surface area contributed by atoms with Crippen LogP contribution in [0.4, 0.5) is 5.69 Å². The fourth-order valence-corrected chi connectivity index (χ4v) is 3.29. The third-order valence-corrected chi connectivity index (χ3v) is 4.96. The lowest BCUT2D eigenvalue weighted by atomic mass is 10.1. The molecule has 0 unspecified atom stereocenters. The first-order valence-corrected chi connectivity index (χ1v) is 9.09. The van der Waals surface area contributed by atoms with Crippen molar-refractivity contribution in [2.45, 2.75) is 25.8 Å². The van der Waals surface area contributed by atoms with Gasteiger partial charge in [0.1, 0.15) is 0 Å². The number of aryl methyl sites for hydroxylation is 3. The van der Waals surface area contributed by atoms with E-state index in [0.717, 1.165) is 34.1 Å². The molecule has 1 amide bonds. The minimum Gasteiger partial charge on any atom is -0.538 e. The van der Waals surface area contributed by atoms with Crippen molar-refractivity contribution in [3.8, 4) is 11.6 Å². The number of rotatable bonds is 5. The number of thioether (sulfide) groups is 1. The highest BCUT2D eigenvalue weighted by Gasteiger charge is 2.22. The summed E-state index contributed by atoms with van der Waals surface area (Å²) in [4.78, 5) is 12.3. The van der Waals surface area contributed by atoms with Crippen LogP contribution in [0.5, 0.6) is 5.95 Å². The number of carbonyl (C=O) groups is 1. The van der Waals surface area contributed by atoms with Crippen molar-refractivity contribution < 1.29 is 19.1 Å². The summed E-state index contributed by atoms with van der Waals surface area (Å²) in [7, 11) is 0. The lowest BCUT2D eigenvalue weighted by Crippen LogP contribution is -2.35. The van der Waals surface area contributed by atoms with Crippen molar-refractivity contribution in [2.24, 2.45) is 0 Å². The van der Waals surface area contributed by atoms with Gasteiger partial charge in [-0.05, 0) is 48.3 Å². The largest absolute Gasteiger partial charge is 0.538 e. The topological polar surface area (TPSA) is 82.1 Å². The van der Waals surface area contributed by atoms with Gasteiger partial charge in [0.2, 0.25) is 11.6 Å². The van der Waals surface area contributed by atoms with Crippen molar-refractivity contribution in [1.29, 1.82) is 0 Å². The van der Waals surface area contributed by atoms with Gasteiger partial charge >= 0.3 is 0 Å². The zero-order chi connectivity index (χ0) is 18.7. The van der Waals surface area contributed by atoms with E-state index in [1.165, 1.54) is 4.68 Å². The summed E-state index contributed by atoms with van der Waals surface area (Å²) >= 11 is 1.10. The second-order valence-electron chi connectivity index (χ2n) is 6.02. The third kappa shape index (κ3) is 3.88. The average molecular weight is 369 g/mol. The molecule has 0 atom stereocenters. The SMILES string of the molecule is Cc1ccc(-[n+]2noc([O-])c2SCC(=O)Nc2c(C)cccc2C)cc1. The van der Waals surface area contributed by atoms with Crippen molar-refractivity contribution in [3.63, 3.8) is 0 Å². The maximum Gasteiger partial charge on any atom is 0.298 e. The number of benzene rings is 2. The van der Waals surface area contributed by atoms with Crippen LogP contribution < -0.4 is 15.1 Å². The molecule has 0 radical (unpaired) electrons. The predicted molar refractivity (Wildman–Crippen MR) is 97.5 cm³/mol. The molecule has 26 heavy (non-hydrogen) atoms. The van der Waals surface area contributed by atoms with Crippen LogP contribution in [0.15, 0.2) is 52.0 Å². The molecule has 0 saturated heterocycles. The van der Waals surface area contributed by atoms with E-state index in [9.17, 15) is 9.90 Å². The summed E-state index contributed by atoms with van der Waals surface area (Å²) in [5.41, 5.74) is 4.60. The van der Waals surface area contributed by atoms with Gasteiger partial charge in [0.15, 0.2) is 5.95 Å². The molecule has 0 aliphatic rings. The zero-order valence-corrected chi connectivity index (χ0v) is 15.6. The molecule has 134 valence electrons. The molecule has 0 spiro atoms. The van der Waals surface area contributed by atoms with Crippen molar-refractivity contribution in [3.05, 3.63) is 59.2 Å². The van der Waals surface area contributed by atoms with Crippen LogP contribution in [0.1, 0.15) is 16.7 Å². The summed E-state index contributed by atoms with van der Waals surface area (Å²) in [6, 6.07) is 13.4. The Labute approximate surface area is 155 Å². The first kappa shape index (κ1) is 18.0. The van der Waals surface area contributed by atoms with E-state index >= 15 is 0 Å². The van der Waals surface area contributed by atoms with Crippen LogP contribution in [0.25, 0.3) is 5.69 Å². The van der Waals surface area contributed by atoms with E-state index < -0.39 is 5.95 Å². The summed E-state index contributed by atoms with van der Waals surface area (Å²) < 4.78 is 6.19. The standard InChI is InChI=1S/C19H19N3O3S/c1-12-7-9-15(10-8-12)22-18(19(24)25-21-22)26-11-16(23)20-17-13(2)5-4-6-14(17)3/h4-10H,11H2,1-3H3,(H-,20,21,23,24). The van der Waals surface area contributed by atoms with Gasteiger partial charge in [-0.15, -0.1) is 0 Å². The second kappa shape index (κ2) is 7.61. The molecule has 1 N–H and O–H groups in total.